The Labute approximate surface area is 123 Å². The predicted molar refractivity (Wildman–Crippen MR) is 76.3 cm³/mol. The minimum atomic E-state index is -1.05. The molecule has 1 aliphatic heterocycles. The zero-order valence-corrected chi connectivity index (χ0v) is 12.0. The van der Waals surface area contributed by atoms with Gasteiger partial charge in [-0.3, -0.25) is 4.79 Å². The van der Waals surface area contributed by atoms with Gasteiger partial charge in [0, 0.05) is 11.8 Å². The summed E-state index contributed by atoms with van der Waals surface area (Å²) in [6.07, 6.45) is 0.490. The molecule has 114 valence electrons. The van der Waals surface area contributed by atoms with Crippen molar-refractivity contribution in [2.75, 3.05) is 11.9 Å². The summed E-state index contributed by atoms with van der Waals surface area (Å²) in [5, 5.41) is 11.3. The second-order valence-corrected chi connectivity index (χ2v) is 5.28. The number of anilines is 1. The smallest absolute Gasteiger partial charge is 0.341 e. The number of rotatable bonds is 5. The first-order chi connectivity index (χ1) is 9.95. The summed E-state index contributed by atoms with van der Waals surface area (Å²) in [4.78, 5) is 22.6. The summed E-state index contributed by atoms with van der Waals surface area (Å²) < 4.78 is 10.7. The van der Waals surface area contributed by atoms with Crippen LogP contribution in [0.25, 0.3) is 0 Å². The van der Waals surface area contributed by atoms with E-state index in [1.54, 1.807) is 24.3 Å². The van der Waals surface area contributed by atoms with E-state index in [0.29, 0.717) is 11.4 Å². The van der Waals surface area contributed by atoms with Crippen LogP contribution in [0.15, 0.2) is 24.3 Å². The molecule has 2 rings (SSSR count). The highest BCUT2D eigenvalue weighted by Crippen LogP contribution is 2.27. The Morgan fingerprint density at radius 1 is 1.43 bits per heavy atom. The van der Waals surface area contributed by atoms with Crippen molar-refractivity contribution in [1.29, 1.82) is 0 Å². The van der Waals surface area contributed by atoms with Gasteiger partial charge in [-0.1, -0.05) is 13.0 Å². The number of hydrogen-bond donors (Lipinski definition) is 2. The number of aliphatic carboxylic acids is 1. The minimum absolute atomic E-state index is 0.0842. The lowest BCUT2D eigenvalue weighted by molar-refractivity contribution is -0.139. The second kappa shape index (κ2) is 6.58. The van der Waals surface area contributed by atoms with Crippen LogP contribution in [0.3, 0.4) is 0 Å². The third kappa shape index (κ3) is 4.19. The maximum atomic E-state index is 12.2. The number of ether oxygens (including phenoxy) is 2. The van der Waals surface area contributed by atoms with Crippen molar-refractivity contribution in [1.82, 2.24) is 0 Å². The van der Waals surface area contributed by atoms with Gasteiger partial charge in [-0.15, -0.1) is 0 Å². The fourth-order valence-electron chi connectivity index (χ4n) is 2.43. The molecule has 1 amide bonds. The van der Waals surface area contributed by atoms with Crippen LogP contribution in [0.5, 0.6) is 5.75 Å². The van der Waals surface area contributed by atoms with E-state index in [2.05, 4.69) is 5.32 Å². The van der Waals surface area contributed by atoms with E-state index in [1.165, 1.54) is 0 Å². The number of amides is 1. The summed E-state index contributed by atoms with van der Waals surface area (Å²) >= 11 is 0. The van der Waals surface area contributed by atoms with Crippen LogP contribution in [0.2, 0.25) is 0 Å². The van der Waals surface area contributed by atoms with Gasteiger partial charge in [0.15, 0.2) is 6.61 Å². The Hall–Kier alpha value is -2.08. The topological polar surface area (TPSA) is 84.9 Å². The molecule has 0 spiro atoms. The molecule has 0 radical (unpaired) electrons. The Morgan fingerprint density at radius 3 is 2.81 bits per heavy atom. The van der Waals surface area contributed by atoms with E-state index >= 15 is 0 Å². The van der Waals surface area contributed by atoms with Crippen LogP contribution in [0, 0.1) is 5.92 Å². The highest BCUT2D eigenvalue weighted by atomic mass is 16.5. The third-order valence-corrected chi connectivity index (χ3v) is 3.32. The Morgan fingerprint density at radius 2 is 2.19 bits per heavy atom. The summed E-state index contributed by atoms with van der Waals surface area (Å²) in [6, 6.07) is 6.63. The first-order valence-corrected chi connectivity index (χ1v) is 6.86. The van der Waals surface area contributed by atoms with E-state index in [4.69, 9.17) is 14.6 Å². The largest absolute Gasteiger partial charge is 0.482 e. The molecule has 0 aromatic heterocycles. The molecule has 0 bridgehead atoms. The third-order valence-electron chi connectivity index (χ3n) is 3.32. The highest BCUT2D eigenvalue weighted by molar-refractivity contribution is 5.94. The zero-order valence-electron chi connectivity index (χ0n) is 12.0. The Balaban J connectivity index is 1.97. The lowest BCUT2D eigenvalue weighted by Crippen LogP contribution is -2.31. The predicted octanol–water partition coefficient (Wildman–Crippen LogP) is 1.90. The molecule has 1 heterocycles. The number of nitrogens with one attached hydrogen (secondary N) is 1. The van der Waals surface area contributed by atoms with Crippen LogP contribution in [0.4, 0.5) is 5.69 Å². The van der Waals surface area contributed by atoms with Crippen LogP contribution in [-0.4, -0.2) is 35.8 Å². The van der Waals surface area contributed by atoms with Crippen LogP contribution in [0.1, 0.15) is 20.3 Å². The number of carbonyl (C=O) groups is 2. The first-order valence-electron chi connectivity index (χ1n) is 6.86. The number of hydrogen-bond acceptors (Lipinski definition) is 4. The first kappa shape index (κ1) is 15.3. The van der Waals surface area contributed by atoms with Gasteiger partial charge in [-0.25, -0.2) is 4.79 Å². The average Bonchev–Trinajstić information content (AvgIpc) is 2.76. The zero-order chi connectivity index (χ0) is 15.4. The number of carboxylic acids is 1. The SMILES string of the molecule is CC1CC(C)C(C(=O)Nc2cccc(OCC(=O)O)c2)O1. The van der Waals surface area contributed by atoms with E-state index < -0.39 is 18.7 Å². The molecule has 0 saturated carbocycles. The van der Waals surface area contributed by atoms with E-state index in [0.717, 1.165) is 6.42 Å². The van der Waals surface area contributed by atoms with Gasteiger partial charge in [-0.05, 0) is 31.4 Å². The van der Waals surface area contributed by atoms with Gasteiger partial charge in [0.1, 0.15) is 11.9 Å². The minimum Gasteiger partial charge on any atom is -0.482 e. The summed E-state index contributed by atoms with van der Waals surface area (Å²) in [6.45, 7) is 3.52. The van der Waals surface area contributed by atoms with Crippen molar-refractivity contribution in [2.45, 2.75) is 32.5 Å². The molecular formula is C15H19NO5. The molecule has 6 nitrogen and oxygen atoms in total. The fourth-order valence-corrected chi connectivity index (χ4v) is 2.43. The normalized spacial score (nSPS) is 24.6. The van der Waals surface area contributed by atoms with Gasteiger partial charge in [0.05, 0.1) is 6.10 Å². The van der Waals surface area contributed by atoms with Gasteiger partial charge in [0.25, 0.3) is 5.91 Å². The highest BCUT2D eigenvalue weighted by Gasteiger charge is 2.34. The average molecular weight is 293 g/mol. The maximum absolute atomic E-state index is 12.2. The number of carboxylic acid groups (broad SMARTS) is 1. The van der Waals surface area contributed by atoms with Crippen LogP contribution in [-0.2, 0) is 14.3 Å². The fraction of sp³-hybridized carbons (Fsp3) is 0.467. The molecule has 1 saturated heterocycles. The maximum Gasteiger partial charge on any atom is 0.341 e. The van der Waals surface area contributed by atoms with Gasteiger partial charge >= 0.3 is 5.97 Å². The van der Waals surface area contributed by atoms with E-state index in [-0.39, 0.29) is 17.9 Å². The van der Waals surface area contributed by atoms with Crippen molar-refractivity contribution in [3.63, 3.8) is 0 Å². The number of carbonyl (C=O) groups excluding carboxylic acids is 1. The van der Waals surface area contributed by atoms with Gasteiger partial charge in [-0.2, -0.15) is 0 Å². The lowest BCUT2D eigenvalue weighted by atomic mass is 10.0. The van der Waals surface area contributed by atoms with Crippen molar-refractivity contribution in [2.24, 2.45) is 5.92 Å². The van der Waals surface area contributed by atoms with Crippen LogP contribution >= 0.6 is 0 Å². The quantitative estimate of drug-likeness (QED) is 0.866. The Bertz CT molecular complexity index is 531. The van der Waals surface area contributed by atoms with E-state index in [9.17, 15) is 9.59 Å². The standard InChI is InChI=1S/C15H19NO5/c1-9-6-10(2)21-14(9)15(19)16-11-4-3-5-12(7-11)20-8-13(17)18/h3-5,7,9-10,14H,6,8H2,1-2H3,(H,16,19)(H,17,18). The van der Waals surface area contributed by atoms with Gasteiger partial charge < -0.3 is 19.9 Å². The molecule has 21 heavy (non-hydrogen) atoms. The molecule has 3 atom stereocenters. The summed E-state index contributed by atoms with van der Waals surface area (Å²) in [5.74, 6) is -0.677. The molecule has 1 aromatic carbocycles. The molecule has 1 fully saturated rings. The van der Waals surface area contributed by atoms with Crippen molar-refractivity contribution < 1.29 is 24.2 Å². The Kier molecular flexibility index (Phi) is 4.80. The molecule has 1 aliphatic rings. The van der Waals surface area contributed by atoms with E-state index in [1.807, 2.05) is 13.8 Å². The lowest BCUT2D eigenvalue weighted by Gasteiger charge is -2.15. The number of benzene rings is 1. The van der Waals surface area contributed by atoms with Crippen LogP contribution < -0.4 is 10.1 Å². The summed E-state index contributed by atoms with van der Waals surface area (Å²) in [5.41, 5.74) is 0.554. The molecular weight excluding hydrogens is 274 g/mol. The molecule has 2 N–H and O–H groups in total. The van der Waals surface area contributed by atoms with Gasteiger partial charge in [0.2, 0.25) is 0 Å². The van der Waals surface area contributed by atoms with Crippen molar-refractivity contribution >= 4 is 17.6 Å². The molecule has 6 heteroatoms. The molecule has 3 unspecified atom stereocenters. The molecule has 0 aliphatic carbocycles. The molecule has 1 aromatic rings. The van der Waals surface area contributed by atoms with Crippen molar-refractivity contribution in [3.05, 3.63) is 24.3 Å². The second-order valence-electron chi connectivity index (χ2n) is 5.28. The van der Waals surface area contributed by atoms with Crippen molar-refractivity contribution in [3.8, 4) is 5.75 Å². The summed E-state index contributed by atoms with van der Waals surface area (Å²) in [7, 11) is 0. The monoisotopic (exact) mass is 293 g/mol.